The highest BCUT2D eigenvalue weighted by Gasteiger charge is 2.31. The van der Waals surface area contributed by atoms with Crippen LogP contribution < -0.4 is 10.2 Å². The fourth-order valence-electron chi connectivity index (χ4n) is 4.40. The number of benzene rings is 2. The Kier molecular flexibility index (Phi) is 10.2. The number of rotatable bonds is 10. The molecule has 1 N–H and O–H groups in total. The van der Waals surface area contributed by atoms with E-state index in [0.29, 0.717) is 12.2 Å². The molecule has 1 aliphatic rings. The van der Waals surface area contributed by atoms with Crippen molar-refractivity contribution in [2.75, 3.05) is 44.2 Å². The molecule has 0 aliphatic carbocycles. The second-order valence-corrected chi connectivity index (χ2v) is 8.90. The largest absolute Gasteiger partial charge is 0.444 e. The Balaban J connectivity index is 0.00000361. The van der Waals surface area contributed by atoms with Crippen LogP contribution in [0.15, 0.2) is 59.0 Å². The minimum absolute atomic E-state index is 0. The molecule has 1 saturated heterocycles. The number of nitrogens with zero attached hydrogens (tertiary/aromatic N) is 3. The number of nitrogens with one attached hydrogen (secondary N) is 1. The molecule has 4 rings (SSSR count). The van der Waals surface area contributed by atoms with Gasteiger partial charge >= 0.3 is 6.18 Å². The smallest absolute Gasteiger partial charge is 0.416 e. The van der Waals surface area contributed by atoms with Crippen LogP contribution >= 0.6 is 12.4 Å². The van der Waals surface area contributed by atoms with Crippen LogP contribution in [0.25, 0.3) is 11.3 Å². The molecule has 0 bridgehead atoms. The summed E-state index contributed by atoms with van der Waals surface area (Å²) in [4.78, 5) is 9.12. The molecule has 9 heteroatoms. The minimum atomic E-state index is -4.31. The normalized spacial score (nSPS) is 14.6. The Morgan fingerprint density at radius 1 is 1.00 bits per heavy atom. The second-order valence-electron chi connectivity index (χ2n) is 8.90. The third-order valence-electron chi connectivity index (χ3n) is 6.28. The van der Waals surface area contributed by atoms with Crippen LogP contribution in [0.2, 0.25) is 0 Å². The van der Waals surface area contributed by atoms with E-state index < -0.39 is 11.7 Å². The lowest BCUT2D eigenvalue weighted by molar-refractivity contribution is -0.137. The molecule has 36 heavy (non-hydrogen) atoms. The number of anilines is 1. The summed E-state index contributed by atoms with van der Waals surface area (Å²) in [6.45, 7) is 7.70. The van der Waals surface area contributed by atoms with Crippen molar-refractivity contribution in [1.29, 1.82) is 0 Å². The van der Waals surface area contributed by atoms with Crippen LogP contribution in [0.3, 0.4) is 0 Å². The molecule has 3 aromatic rings. The van der Waals surface area contributed by atoms with Gasteiger partial charge in [-0.25, -0.2) is 4.98 Å². The number of oxazole rings is 1. The predicted molar refractivity (Wildman–Crippen MR) is 140 cm³/mol. The van der Waals surface area contributed by atoms with E-state index in [-0.39, 0.29) is 12.4 Å². The molecule has 5 nitrogen and oxygen atoms in total. The molecule has 0 atom stereocenters. The SMILES string of the molecule is CCCc1nc(-c2ccccc2)c(CNCCCN2CCN(c3cccc(C(F)(F)F)c3)CC2)o1.Cl. The first kappa shape index (κ1) is 28.0. The quantitative estimate of drug-likeness (QED) is 0.329. The third-order valence-corrected chi connectivity index (χ3v) is 6.28. The molecule has 1 fully saturated rings. The average Bonchev–Trinajstić information content (AvgIpc) is 3.27. The summed E-state index contributed by atoms with van der Waals surface area (Å²) in [7, 11) is 0. The molecule has 2 aromatic carbocycles. The maximum absolute atomic E-state index is 13.0. The molecule has 1 aromatic heterocycles. The van der Waals surface area contributed by atoms with Gasteiger partial charge in [0.2, 0.25) is 0 Å². The number of aromatic nitrogens is 1. The lowest BCUT2D eigenvalue weighted by atomic mass is 10.1. The lowest BCUT2D eigenvalue weighted by Crippen LogP contribution is -2.47. The zero-order valence-corrected chi connectivity index (χ0v) is 21.4. The van der Waals surface area contributed by atoms with Crippen LogP contribution in [-0.4, -0.2) is 49.2 Å². The molecule has 0 saturated carbocycles. The van der Waals surface area contributed by atoms with E-state index in [0.717, 1.165) is 87.5 Å². The zero-order valence-electron chi connectivity index (χ0n) is 20.6. The molecular weight excluding hydrogens is 489 g/mol. The Bertz CT molecular complexity index is 1070. The number of alkyl halides is 3. The summed E-state index contributed by atoms with van der Waals surface area (Å²) in [6, 6.07) is 15.7. The molecule has 0 radical (unpaired) electrons. The van der Waals surface area contributed by atoms with Gasteiger partial charge in [-0.05, 0) is 44.1 Å². The van der Waals surface area contributed by atoms with Crippen molar-refractivity contribution >= 4 is 18.1 Å². The van der Waals surface area contributed by atoms with Gasteiger partial charge in [-0.3, -0.25) is 4.90 Å². The summed E-state index contributed by atoms with van der Waals surface area (Å²) in [5, 5.41) is 3.48. The fraction of sp³-hybridized carbons (Fsp3) is 0.444. The molecule has 2 heterocycles. The third kappa shape index (κ3) is 7.48. The molecule has 0 amide bonds. The van der Waals surface area contributed by atoms with Crippen molar-refractivity contribution in [3.8, 4) is 11.3 Å². The van der Waals surface area contributed by atoms with Gasteiger partial charge in [0.15, 0.2) is 5.89 Å². The Labute approximate surface area is 217 Å². The van der Waals surface area contributed by atoms with Gasteiger partial charge in [0.05, 0.1) is 12.1 Å². The van der Waals surface area contributed by atoms with Crippen LogP contribution in [-0.2, 0) is 19.1 Å². The van der Waals surface area contributed by atoms with Crippen LogP contribution in [0.5, 0.6) is 0 Å². The number of halogens is 4. The summed E-state index contributed by atoms with van der Waals surface area (Å²) >= 11 is 0. The monoisotopic (exact) mass is 522 g/mol. The van der Waals surface area contributed by atoms with Crippen molar-refractivity contribution in [3.63, 3.8) is 0 Å². The predicted octanol–water partition coefficient (Wildman–Crippen LogP) is 6.04. The highest BCUT2D eigenvalue weighted by molar-refractivity contribution is 5.85. The average molecular weight is 523 g/mol. The molecule has 0 spiro atoms. The highest BCUT2D eigenvalue weighted by atomic mass is 35.5. The van der Waals surface area contributed by atoms with E-state index in [1.165, 1.54) is 12.1 Å². The van der Waals surface area contributed by atoms with E-state index >= 15 is 0 Å². The van der Waals surface area contributed by atoms with E-state index in [1.54, 1.807) is 6.07 Å². The molecule has 0 unspecified atom stereocenters. The van der Waals surface area contributed by atoms with E-state index in [4.69, 9.17) is 9.40 Å². The van der Waals surface area contributed by atoms with Gasteiger partial charge in [0.1, 0.15) is 11.5 Å². The number of piperazine rings is 1. The second kappa shape index (κ2) is 13.1. The fourth-order valence-corrected chi connectivity index (χ4v) is 4.40. The number of aryl methyl sites for hydroxylation is 1. The van der Waals surface area contributed by atoms with Gasteiger partial charge in [-0.1, -0.05) is 43.3 Å². The Morgan fingerprint density at radius 3 is 2.44 bits per heavy atom. The topological polar surface area (TPSA) is 44.5 Å². The summed E-state index contributed by atoms with van der Waals surface area (Å²) in [6.07, 6.45) is -1.51. The van der Waals surface area contributed by atoms with Crippen LogP contribution in [0.4, 0.5) is 18.9 Å². The van der Waals surface area contributed by atoms with Crippen molar-refractivity contribution < 1.29 is 17.6 Å². The standard InChI is InChI=1S/C27H33F3N4O.ClH/c1-2-8-25-32-26(21-9-4-3-5-10-21)24(35-25)20-31-13-7-14-33-15-17-34(18-16-33)23-12-6-11-22(19-23)27(28,29)30;/h3-6,9-12,19,31H,2,7-8,13-18,20H2,1H3;1H. The van der Waals surface area contributed by atoms with Gasteiger partial charge in [-0.15, -0.1) is 12.4 Å². The van der Waals surface area contributed by atoms with E-state index in [1.807, 2.05) is 23.1 Å². The van der Waals surface area contributed by atoms with Crippen molar-refractivity contribution in [1.82, 2.24) is 15.2 Å². The first-order chi connectivity index (χ1) is 16.9. The van der Waals surface area contributed by atoms with Gasteiger partial charge in [0, 0.05) is 43.9 Å². The van der Waals surface area contributed by atoms with Crippen molar-refractivity contribution in [3.05, 3.63) is 71.8 Å². The summed E-state index contributed by atoms with van der Waals surface area (Å²) < 4.78 is 45.1. The van der Waals surface area contributed by atoms with Crippen molar-refractivity contribution in [2.45, 2.75) is 38.9 Å². The summed E-state index contributed by atoms with van der Waals surface area (Å²) in [5.74, 6) is 1.65. The molecular formula is C27H34ClF3N4O. The van der Waals surface area contributed by atoms with E-state index in [9.17, 15) is 13.2 Å². The number of hydrogen-bond acceptors (Lipinski definition) is 5. The molecule has 196 valence electrons. The maximum Gasteiger partial charge on any atom is 0.416 e. The van der Waals surface area contributed by atoms with Crippen molar-refractivity contribution in [2.24, 2.45) is 0 Å². The first-order valence-electron chi connectivity index (χ1n) is 12.3. The molecule has 1 aliphatic heterocycles. The minimum Gasteiger partial charge on any atom is -0.444 e. The summed E-state index contributed by atoms with van der Waals surface area (Å²) in [5.41, 5.74) is 2.03. The Morgan fingerprint density at radius 2 is 1.75 bits per heavy atom. The lowest BCUT2D eigenvalue weighted by Gasteiger charge is -2.36. The van der Waals surface area contributed by atoms with Gasteiger partial charge in [0.25, 0.3) is 0 Å². The van der Waals surface area contributed by atoms with Crippen LogP contribution in [0.1, 0.15) is 37.0 Å². The van der Waals surface area contributed by atoms with E-state index in [2.05, 4.69) is 29.3 Å². The first-order valence-corrected chi connectivity index (χ1v) is 12.3. The maximum atomic E-state index is 13.0. The Hall–Kier alpha value is -2.55. The highest BCUT2D eigenvalue weighted by Crippen LogP contribution is 2.32. The van der Waals surface area contributed by atoms with Crippen LogP contribution in [0, 0.1) is 0 Å². The van der Waals surface area contributed by atoms with Gasteiger partial charge < -0.3 is 14.6 Å². The zero-order chi connectivity index (χ0) is 24.7. The van der Waals surface area contributed by atoms with Gasteiger partial charge in [-0.2, -0.15) is 13.2 Å². The number of hydrogen-bond donors (Lipinski definition) is 1.